The fourth-order valence-corrected chi connectivity index (χ4v) is 3.56. The van der Waals surface area contributed by atoms with Gasteiger partial charge in [0.25, 0.3) is 0 Å². The van der Waals surface area contributed by atoms with E-state index in [0.29, 0.717) is 5.56 Å². The molecular weight excluding hydrogens is 440 g/mol. The molecule has 2 heterocycles. The third kappa shape index (κ3) is 4.46. The Morgan fingerprint density at radius 3 is 2.45 bits per heavy atom. The number of ether oxygens (including phenoxy) is 4. The number of aliphatic hydroxyl groups excluding tert-OH is 2. The lowest BCUT2D eigenvalue weighted by atomic mass is 10.0. The van der Waals surface area contributed by atoms with Crippen LogP contribution >= 0.6 is 0 Å². The molecule has 1 fully saturated rings. The van der Waals surface area contributed by atoms with Crippen molar-refractivity contribution in [3.8, 4) is 28.7 Å². The van der Waals surface area contributed by atoms with Gasteiger partial charge in [-0.1, -0.05) is 6.07 Å². The number of carbonyl (C=O) groups excluding carboxylic acids is 1. The van der Waals surface area contributed by atoms with Crippen LogP contribution in [-0.4, -0.2) is 67.8 Å². The second-order valence-corrected chi connectivity index (χ2v) is 7.61. The zero-order chi connectivity index (χ0) is 23.9. The van der Waals surface area contributed by atoms with Gasteiger partial charge in [-0.2, -0.15) is 0 Å². The van der Waals surface area contributed by atoms with Crippen LogP contribution in [-0.2, 0) is 19.0 Å². The zero-order valence-corrected chi connectivity index (χ0v) is 17.3. The molecule has 6 N–H and O–H groups in total. The summed E-state index contributed by atoms with van der Waals surface area (Å²) in [6, 6.07) is 6.29. The number of aromatic hydroxyl groups is 4. The van der Waals surface area contributed by atoms with Gasteiger partial charge in [0, 0.05) is 24.6 Å². The summed E-state index contributed by atoms with van der Waals surface area (Å²) in [4.78, 5) is 11.1. The summed E-state index contributed by atoms with van der Waals surface area (Å²) < 4.78 is 22.0. The molecule has 0 radical (unpaired) electrons. The fourth-order valence-electron chi connectivity index (χ4n) is 3.56. The van der Waals surface area contributed by atoms with Crippen LogP contribution in [0.2, 0.25) is 0 Å². The number of rotatable bonds is 5. The Labute approximate surface area is 187 Å². The first-order valence-corrected chi connectivity index (χ1v) is 9.91. The lowest BCUT2D eigenvalue weighted by Crippen LogP contribution is -2.35. The normalized spacial score (nSPS) is 26.2. The first kappa shape index (κ1) is 22.5. The molecule has 0 aliphatic carbocycles. The van der Waals surface area contributed by atoms with Crippen LogP contribution in [0.15, 0.2) is 36.1 Å². The molecule has 4 rings (SSSR count). The molecule has 2 aliphatic heterocycles. The van der Waals surface area contributed by atoms with E-state index in [1.54, 1.807) is 0 Å². The van der Waals surface area contributed by atoms with Gasteiger partial charge in [-0.25, -0.2) is 0 Å². The van der Waals surface area contributed by atoms with E-state index in [-0.39, 0.29) is 40.9 Å². The highest BCUT2D eigenvalue weighted by molar-refractivity contribution is 5.70. The van der Waals surface area contributed by atoms with Crippen LogP contribution in [0.25, 0.3) is 6.08 Å². The number of benzene rings is 2. The van der Waals surface area contributed by atoms with Crippen LogP contribution in [0.4, 0.5) is 0 Å². The Morgan fingerprint density at radius 2 is 1.76 bits per heavy atom. The SMILES string of the molecule is CC(=O)OC[C@H]1O[C@H](OC2=Cc3c(O)cc(O)cc3OC2c2ccc(O)c(O)c2)[C@@H](O)[C@@H]1O. The van der Waals surface area contributed by atoms with E-state index < -0.39 is 42.4 Å². The summed E-state index contributed by atoms with van der Waals surface area (Å²) in [5, 5.41) is 60.2. The number of aliphatic hydroxyl groups is 2. The molecule has 11 nitrogen and oxygen atoms in total. The molecule has 176 valence electrons. The summed E-state index contributed by atoms with van der Waals surface area (Å²) in [6.45, 7) is 0.885. The number of fused-ring (bicyclic) bond motifs is 1. The first-order valence-electron chi connectivity index (χ1n) is 9.91. The number of phenolic OH excluding ortho intramolecular Hbond substituents is 4. The van der Waals surface area contributed by atoms with Crippen molar-refractivity contribution in [2.45, 2.75) is 37.6 Å². The van der Waals surface area contributed by atoms with Crippen LogP contribution in [0, 0.1) is 0 Å². The van der Waals surface area contributed by atoms with Gasteiger partial charge in [0.05, 0.1) is 5.56 Å². The lowest BCUT2D eigenvalue weighted by molar-refractivity contribution is -0.164. The smallest absolute Gasteiger partial charge is 0.302 e. The highest BCUT2D eigenvalue weighted by atomic mass is 16.7. The molecule has 0 aromatic heterocycles. The molecule has 33 heavy (non-hydrogen) atoms. The van der Waals surface area contributed by atoms with E-state index >= 15 is 0 Å². The van der Waals surface area contributed by atoms with Gasteiger partial charge in [-0.05, 0) is 18.2 Å². The van der Waals surface area contributed by atoms with Gasteiger partial charge in [0.2, 0.25) is 6.29 Å². The Kier molecular flexibility index (Phi) is 5.93. The van der Waals surface area contributed by atoms with Crippen molar-refractivity contribution in [2.24, 2.45) is 0 Å². The van der Waals surface area contributed by atoms with Crippen molar-refractivity contribution in [1.82, 2.24) is 0 Å². The number of phenols is 4. The van der Waals surface area contributed by atoms with Crippen molar-refractivity contribution in [3.05, 3.63) is 47.2 Å². The largest absolute Gasteiger partial charge is 0.508 e. The molecule has 0 saturated carbocycles. The molecule has 0 bridgehead atoms. The van der Waals surface area contributed by atoms with E-state index in [4.69, 9.17) is 18.9 Å². The minimum absolute atomic E-state index is 0.0259. The summed E-state index contributed by atoms with van der Waals surface area (Å²) in [5.74, 6) is -1.79. The second kappa shape index (κ2) is 8.70. The molecule has 0 spiro atoms. The van der Waals surface area contributed by atoms with Gasteiger partial charge in [-0.3, -0.25) is 4.79 Å². The summed E-state index contributed by atoms with van der Waals surface area (Å²) in [6.07, 6.45) is -5.00. The van der Waals surface area contributed by atoms with E-state index in [1.165, 1.54) is 37.3 Å². The first-order chi connectivity index (χ1) is 15.6. The number of hydrogen-bond acceptors (Lipinski definition) is 11. The molecular formula is C22H22O11. The van der Waals surface area contributed by atoms with E-state index in [9.17, 15) is 35.4 Å². The molecule has 0 amide bonds. The third-order valence-corrected chi connectivity index (χ3v) is 5.22. The van der Waals surface area contributed by atoms with Gasteiger partial charge in [0.15, 0.2) is 17.6 Å². The maximum atomic E-state index is 11.1. The Hall–Kier alpha value is -3.67. The zero-order valence-electron chi connectivity index (χ0n) is 17.3. The van der Waals surface area contributed by atoms with Gasteiger partial charge >= 0.3 is 5.97 Å². The van der Waals surface area contributed by atoms with Gasteiger partial charge < -0.3 is 49.6 Å². The second-order valence-electron chi connectivity index (χ2n) is 7.61. The van der Waals surface area contributed by atoms with Crippen molar-refractivity contribution in [3.63, 3.8) is 0 Å². The molecule has 1 unspecified atom stereocenters. The third-order valence-electron chi connectivity index (χ3n) is 5.22. The molecule has 2 aromatic rings. The van der Waals surface area contributed by atoms with Gasteiger partial charge in [-0.15, -0.1) is 0 Å². The minimum Gasteiger partial charge on any atom is -0.508 e. The lowest BCUT2D eigenvalue weighted by Gasteiger charge is -2.30. The van der Waals surface area contributed by atoms with E-state index in [2.05, 4.69) is 0 Å². The standard InChI is InChI=1S/C22H22O11/c1-9(23)30-8-18-19(28)20(29)22(33-18)32-17-7-12-14(26)5-11(24)6-16(12)31-21(17)10-2-3-13(25)15(27)4-10/h2-7,18-22,24-29H,8H2,1H3/t18-,19-,20+,21?,22+/m1/s1. The molecule has 1 saturated heterocycles. The monoisotopic (exact) mass is 462 g/mol. The summed E-state index contributed by atoms with van der Waals surface area (Å²) in [5.41, 5.74) is 0.501. The van der Waals surface area contributed by atoms with Crippen LogP contribution < -0.4 is 4.74 Å². The Balaban J connectivity index is 1.67. The Bertz CT molecular complexity index is 1100. The topological polar surface area (TPSA) is 175 Å². The quantitative estimate of drug-likeness (QED) is 0.276. The summed E-state index contributed by atoms with van der Waals surface area (Å²) in [7, 11) is 0. The van der Waals surface area contributed by atoms with Crippen LogP contribution in [0.5, 0.6) is 28.7 Å². The minimum atomic E-state index is -1.50. The molecule has 5 atom stereocenters. The average molecular weight is 462 g/mol. The van der Waals surface area contributed by atoms with Crippen molar-refractivity contribution >= 4 is 12.0 Å². The average Bonchev–Trinajstić information content (AvgIpc) is 3.02. The number of hydrogen-bond donors (Lipinski definition) is 6. The van der Waals surface area contributed by atoms with Crippen LogP contribution in [0.3, 0.4) is 0 Å². The van der Waals surface area contributed by atoms with Gasteiger partial charge in [0.1, 0.15) is 47.9 Å². The molecule has 2 aromatic carbocycles. The predicted molar refractivity (Wildman–Crippen MR) is 109 cm³/mol. The van der Waals surface area contributed by atoms with Crippen LogP contribution in [0.1, 0.15) is 24.2 Å². The number of carbonyl (C=O) groups is 1. The van der Waals surface area contributed by atoms with E-state index in [0.717, 1.165) is 6.07 Å². The van der Waals surface area contributed by atoms with Crippen molar-refractivity contribution < 1.29 is 54.4 Å². The maximum Gasteiger partial charge on any atom is 0.302 e. The van der Waals surface area contributed by atoms with Crippen molar-refractivity contribution in [1.29, 1.82) is 0 Å². The Morgan fingerprint density at radius 1 is 1.00 bits per heavy atom. The predicted octanol–water partition coefficient (Wildman–Crippen LogP) is 1.01. The number of esters is 1. The summed E-state index contributed by atoms with van der Waals surface area (Å²) >= 11 is 0. The van der Waals surface area contributed by atoms with E-state index in [1.807, 2.05) is 0 Å². The fraction of sp³-hybridized carbons (Fsp3) is 0.318. The molecule has 2 aliphatic rings. The highest BCUT2D eigenvalue weighted by Gasteiger charge is 2.46. The highest BCUT2D eigenvalue weighted by Crippen LogP contribution is 2.45. The maximum absolute atomic E-state index is 11.1. The molecule has 11 heteroatoms. The van der Waals surface area contributed by atoms with Crippen molar-refractivity contribution in [2.75, 3.05) is 6.61 Å².